The Hall–Kier alpha value is -4.00. The van der Waals surface area contributed by atoms with E-state index in [9.17, 15) is 4.79 Å². The zero-order chi connectivity index (χ0) is 18.9. The molecule has 7 heteroatoms. The van der Waals surface area contributed by atoms with Crippen LogP contribution in [0.5, 0.6) is 0 Å². The Morgan fingerprint density at radius 3 is 2.61 bits per heavy atom. The van der Waals surface area contributed by atoms with Gasteiger partial charge in [0.15, 0.2) is 17.2 Å². The lowest BCUT2D eigenvalue weighted by atomic mass is 10.1. The highest BCUT2D eigenvalue weighted by Crippen LogP contribution is 2.24. The number of hydrogen-bond donors (Lipinski definition) is 1. The van der Waals surface area contributed by atoms with Gasteiger partial charge in [-0.2, -0.15) is 0 Å². The summed E-state index contributed by atoms with van der Waals surface area (Å²) in [5.74, 6) is 1.18. The quantitative estimate of drug-likeness (QED) is 0.522. The van der Waals surface area contributed by atoms with E-state index < -0.39 is 0 Å². The first kappa shape index (κ1) is 16.2. The maximum atomic E-state index is 12.6. The molecule has 0 fully saturated rings. The highest BCUT2D eigenvalue weighted by atomic mass is 16.3. The molecule has 0 aliphatic rings. The number of hydrogen-bond acceptors (Lipinski definition) is 5. The number of carbonyl (C=O) groups is 1. The van der Waals surface area contributed by atoms with E-state index in [4.69, 9.17) is 4.42 Å². The van der Waals surface area contributed by atoms with E-state index in [0.29, 0.717) is 28.6 Å². The standard InChI is InChI=1S/C21H15N5O2/c27-18(13-14-7-2-1-3-8-14)23-20-21-24-19(17-11-6-12-28-17)25-26(21)16-10-5-4-9-15(16)22-20/h1-12H,13H2,(H,22,23,27). The Labute approximate surface area is 159 Å². The number of nitrogens with zero attached hydrogens (tertiary/aromatic N) is 4. The molecule has 0 aliphatic heterocycles. The van der Waals surface area contributed by atoms with Gasteiger partial charge in [0, 0.05) is 0 Å². The third-order valence-electron chi connectivity index (χ3n) is 4.37. The van der Waals surface area contributed by atoms with Crippen molar-refractivity contribution in [2.75, 3.05) is 5.32 Å². The normalized spacial score (nSPS) is 11.1. The molecule has 3 aromatic heterocycles. The van der Waals surface area contributed by atoms with Crippen molar-refractivity contribution in [3.8, 4) is 11.6 Å². The Morgan fingerprint density at radius 1 is 0.964 bits per heavy atom. The minimum Gasteiger partial charge on any atom is -0.461 e. The molecule has 0 aliphatic carbocycles. The molecular weight excluding hydrogens is 354 g/mol. The number of aromatic nitrogens is 4. The molecule has 0 saturated carbocycles. The van der Waals surface area contributed by atoms with Crippen molar-refractivity contribution in [1.29, 1.82) is 0 Å². The third-order valence-corrected chi connectivity index (χ3v) is 4.37. The fraction of sp³-hybridized carbons (Fsp3) is 0.0476. The summed E-state index contributed by atoms with van der Waals surface area (Å²) in [6.45, 7) is 0. The largest absolute Gasteiger partial charge is 0.461 e. The van der Waals surface area contributed by atoms with E-state index in [1.165, 1.54) is 0 Å². The Bertz CT molecular complexity index is 1280. The molecule has 1 amide bonds. The number of rotatable bonds is 4. The summed E-state index contributed by atoms with van der Waals surface area (Å²) in [7, 11) is 0. The van der Waals surface area contributed by atoms with Crippen molar-refractivity contribution in [2.24, 2.45) is 0 Å². The molecule has 0 atom stereocenters. The van der Waals surface area contributed by atoms with Crippen LogP contribution in [-0.4, -0.2) is 25.5 Å². The number of fused-ring (bicyclic) bond motifs is 3. The second-order valence-electron chi connectivity index (χ2n) is 6.31. The fourth-order valence-electron chi connectivity index (χ4n) is 3.09. The molecule has 0 saturated heterocycles. The van der Waals surface area contributed by atoms with Crippen molar-refractivity contribution in [1.82, 2.24) is 19.6 Å². The van der Waals surface area contributed by atoms with E-state index in [0.717, 1.165) is 11.1 Å². The molecular formula is C21H15N5O2. The van der Waals surface area contributed by atoms with Crippen molar-refractivity contribution in [2.45, 2.75) is 6.42 Å². The van der Waals surface area contributed by atoms with E-state index in [1.54, 1.807) is 22.9 Å². The van der Waals surface area contributed by atoms with Gasteiger partial charge in [0.05, 0.1) is 23.7 Å². The Morgan fingerprint density at radius 2 is 1.79 bits per heavy atom. The van der Waals surface area contributed by atoms with Crippen LogP contribution < -0.4 is 5.32 Å². The maximum absolute atomic E-state index is 12.6. The topological polar surface area (TPSA) is 85.3 Å². The summed E-state index contributed by atoms with van der Waals surface area (Å²) < 4.78 is 7.09. The average molecular weight is 369 g/mol. The fourth-order valence-corrected chi connectivity index (χ4v) is 3.09. The molecule has 28 heavy (non-hydrogen) atoms. The Kier molecular flexibility index (Phi) is 3.83. The first-order valence-corrected chi connectivity index (χ1v) is 8.81. The molecule has 0 bridgehead atoms. The molecule has 5 aromatic rings. The Balaban J connectivity index is 1.59. The lowest BCUT2D eigenvalue weighted by Crippen LogP contribution is -2.16. The molecule has 1 N–H and O–H groups in total. The number of amides is 1. The second kappa shape index (κ2) is 6.62. The minimum absolute atomic E-state index is 0.168. The van der Waals surface area contributed by atoms with Crippen LogP contribution in [0.15, 0.2) is 77.4 Å². The van der Waals surface area contributed by atoms with Crippen LogP contribution in [0.3, 0.4) is 0 Å². The van der Waals surface area contributed by atoms with Gasteiger partial charge in [0.1, 0.15) is 0 Å². The number of nitrogens with one attached hydrogen (secondary N) is 1. The summed E-state index contributed by atoms with van der Waals surface area (Å²) in [5.41, 5.74) is 2.89. The van der Waals surface area contributed by atoms with E-state index in [-0.39, 0.29) is 12.3 Å². The highest BCUT2D eigenvalue weighted by Gasteiger charge is 2.17. The predicted molar refractivity (Wildman–Crippen MR) is 105 cm³/mol. The molecule has 0 spiro atoms. The van der Waals surface area contributed by atoms with Gasteiger partial charge in [0.25, 0.3) is 0 Å². The monoisotopic (exact) mass is 369 g/mol. The SMILES string of the molecule is O=C(Cc1ccccc1)Nc1nc2ccccc2n2nc(-c3ccco3)nc12. The summed E-state index contributed by atoms with van der Waals surface area (Å²) in [5, 5.41) is 7.44. The van der Waals surface area contributed by atoms with Crippen molar-refractivity contribution < 1.29 is 9.21 Å². The van der Waals surface area contributed by atoms with Crippen LogP contribution in [0.1, 0.15) is 5.56 Å². The first-order chi connectivity index (χ1) is 13.8. The van der Waals surface area contributed by atoms with Crippen molar-refractivity contribution in [3.63, 3.8) is 0 Å². The van der Waals surface area contributed by atoms with Gasteiger partial charge in [0.2, 0.25) is 11.7 Å². The van der Waals surface area contributed by atoms with Crippen LogP contribution in [0.2, 0.25) is 0 Å². The van der Waals surface area contributed by atoms with Gasteiger partial charge in [-0.15, -0.1) is 5.10 Å². The number of benzene rings is 2. The van der Waals surface area contributed by atoms with Crippen LogP contribution in [-0.2, 0) is 11.2 Å². The number of anilines is 1. The summed E-state index contributed by atoms with van der Waals surface area (Å²) in [6, 6.07) is 20.7. The lowest BCUT2D eigenvalue weighted by molar-refractivity contribution is -0.115. The van der Waals surface area contributed by atoms with Crippen LogP contribution in [0.25, 0.3) is 28.3 Å². The second-order valence-corrected chi connectivity index (χ2v) is 6.31. The molecule has 0 radical (unpaired) electrons. The van der Waals surface area contributed by atoms with Crippen molar-refractivity contribution in [3.05, 3.63) is 78.6 Å². The number of para-hydroxylation sites is 2. The van der Waals surface area contributed by atoms with Crippen LogP contribution in [0, 0.1) is 0 Å². The van der Waals surface area contributed by atoms with E-state index in [1.807, 2.05) is 54.6 Å². The van der Waals surface area contributed by atoms with Gasteiger partial charge in [-0.3, -0.25) is 4.79 Å². The first-order valence-electron chi connectivity index (χ1n) is 8.81. The van der Waals surface area contributed by atoms with Gasteiger partial charge in [-0.05, 0) is 29.8 Å². The van der Waals surface area contributed by atoms with Gasteiger partial charge in [-0.25, -0.2) is 14.5 Å². The van der Waals surface area contributed by atoms with Crippen molar-refractivity contribution >= 4 is 28.4 Å². The van der Waals surface area contributed by atoms with Crippen LogP contribution in [0.4, 0.5) is 5.82 Å². The van der Waals surface area contributed by atoms with Gasteiger partial charge >= 0.3 is 0 Å². The van der Waals surface area contributed by atoms with Crippen LogP contribution >= 0.6 is 0 Å². The third kappa shape index (κ3) is 2.88. The average Bonchev–Trinajstić information content (AvgIpc) is 3.39. The van der Waals surface area contributed by atoms with E-state index >= 15 is 0 Å². The molecule has 2 aromatic carbocycles. The number of furan rings is 1. The minimum atomic E-state index is -0.168. The van der Waals surface area contributed by atoms with Gasteiger partial charge in [-0.1, -0.05) is 42.5 Å². The lowest BCUT2D eigenvalue weighted by Gasteiger charge is -2.08. The highest BCUT2D eigenvalue weighted by molar-refractivity contribution is 5.96. The summed E-state index contributed by atoms with van der Waals surface area (Å²) in [4.78, 5) is 21.7. The van der Waals surface area contributed by atoms with Gasteiger partial charge < -0.3 is 9.73 Å². The summed E-state index contributed by atoms with van der Waals surface area (Å²) in [6.07, 6.45) is 1.82. The molecule has 136 valence electrons. The zero-order valence-corrected chi connectivity index (χ0v) is 14.7. The van der Waals surface area contributed by atoms with E-state index in [2.05, 4.69) is 20.4 Å². The zero-order valence-electron chi connectivity index (χ0n) is 14.7. The predicted octanol–water partition coefficient (Wildman–Crippen LogP) is 3.72. The molecule has 5 rings (SSSR count). The molecule has 0 unspecified atom stereocenters. The maximum Gasteiger partial charge on any atom is 0.230 e. The summed E-state index contributed by atoms with van der Waals surface area (Å²) >= 11 is 0. The molecule has 7 nitrogen and oxygen atoms in total. The molecule has 3 heterocycles. The number of carbonyl (C=O) groups excluding carboxylic acids is 1. The smallest absolute Gasteiger partial charge is 0.230 e.